The Morgan fingerprint density at radius 1 is 1.21 bits per heavy atom. The molecule has 0 aromatic heterocycles. The molecular weight excluding hydrogens is 302 g/mol. The Morgan fingerprint density at radius 2 is 1.96 bits per heavy atom. The van der Waals surface area contributed by atoms with Crippen LogP contribution in [0.4, 0.5) is 0 Å². The molecule has 0 aliphatic carbocycles. The summed E-state index contributed by atoms with van der Waals surface area (Å²) in [6.07, 6.45) is 4.05. The molecule has 0 unspecified atom stereocenters. The highest BCUT2D eigenvalue weighted by molar-refractivity contribution is 5.72. The molecule has 4 nitrogen and oxygen atoms in total. The van der Waals surface area contributed by atoms with E-state index in [4.69, 9.17) is 9.47 Å². The smallest absolute Gasteiger partial charge is 0.309 e. The third-order valence-electron chi connectivity index (χ3n) is 4.89. The number of piperidine rings is 1. The molecule has 0 saturated carbocycles. The molecule has 0 radical (unpaired) electrons. The number of esters is 1. The van der Waals surface area contributed by atoms with E-state index >= 15 is 0 Å². The standard InChI is InChI=1S/C20H31NO3/c1-4-23-20(22)18-10-13-21(14-11-18)12-5-6-15-24-19-9-7-8-16(2)17(19)3/h7-9,18H,4-6,10-15H2,1-3H3. The highest BCUT2D eigenvalue weighted by Crippen LogP contribution is 2.21. The fraction of sp³-hybridized carbons (Fsp3) is 0.650. The van der Waals surface area contributed by atoms with Gasteiger partial charge >= 0.3 is 5.97 Å². The molecular formula is C20H31NO3. The summed E-state index contributed by atoms with van der Waals surface area (Å²) >= 11 is 0. The number of unbranched alkanes of at least 4 members (excludes halogenated alkanes) is 1. The second-order valence-corrected chi connectivity index (χ2v) is 6.62. The van der Waals surface area contributed by atoms with Gasteiger partial charge in [-0.25, -0.2) is 0 Å². The van der Waals surface area contributed by atoms with Gasteiger partial charge in [-0.2, -0.15) is 0 Å². The lowest BCUT2D eigenvalue weighted by molar-refractivity contribution is -0.149. The van der Waals surface area contributed by atoms with E-state index in [0.29, 0.717) is 6.61 Å². The van der Waals surface area contributed by atoms with E-state index in [-0.39, 0.29) is 11.9 Å². The van der Waals surface area contributed by atoms with Crippen molar-refractivity contribution in [3.63, 3.8) is 0 Å². The first-order chi connectivity index (χ1) is 11.6. The second-order valence-electron chi connectivity index (χ2n) is 6.62. The zero-order valence-corrected chi connectivity index (χ0v) is 15.3. The van der Waals surface area contributed by atoms with E-state index in [9.17, 15) is 4.79 Å². The molecule has 0 amide bonds. The fourth-order valence-corrected chi connectivity index (χ4v) is 3.15. The Morgan fingerprint density at radius 3 is 2.67 bits per heavy atom. The summed E-state index contributed by atoms with van der Waals surface area (Å²) < 4.78 is 11.0. The van der Waals surface area contributed by atoms with Crippen molar-refractivity contribution in [3.8, 4) is 5.75 Å². The molecule has 0 bridgehead atoms. The molecule has 134 valence electrons. The predicted octanol–water partition coefficient (Wildman–Crippen LogP) is 3.74. The average Bonchev–Trinajstić information content (AvgIpc) is 2.59. The zero-order valence-electron chi connectivity index (χ0n) is 15.3. The highest BCUT2D eigenvalue weighted by atomic mass is 16.5. The normalized spacial score (nSPS) is 16.1. The maximum atomic E-state index is 11.7. The van der Waals surface area contributed by atoms with Crippen molar-refractivity contribution >= 4 is 5.97 Å². The minimum absolute atomic E-state index is 0.0147. The molecule has 0 N–H and O–H groups in total. The number of benzene rings is 1. The van der Waals surface area contributed by atoms with E-state index in [0.717, 1.165) is 57.7 Å². The Bertz CT molecular complexity index is 522. The van der Waals surface area contributed by atoms with Gasteiger partial charge in [0, 0.05) is 0 Å². The minimum Gasteiger partial charge on any atom is -0.493 e. The number of hydrogen-bond donors (Lipinski definition) is 0. The first kappa shape index (κ1) is 18.8. The molecule has 24 heavy (non-hydrogen) atoms. The number of carbonyl (C=O) groups excluding carboxylic acids is 1. The summed E-state index contributed by atoms with van der Waals surface area (Å²) in [6, 6.07) is 6.20. The molecule has 2 rings (SSSR count). The van der Waals surface area contributed by atoms with Gasteiger partial charge in [0.25, 0.3) is 0 Å². The summed E-state index contributed by atoms with van der Waals surface area (Å²) in [7, 11) is 0. The van der Waals surface area contributed by atoms with Crippen molar-refractivity contribution in [2.75, 3.05) is 32.8 Å². The maximum absolute atomic E-state index is 11.7. The number of nitrogens with zero attached hydrogens (tertiary/aromatic N) is 1. The third kappa shape index (κ3) is 5.52. The molecule has 1 fully saturated rings. The lowest BCUT2D eigenvalue weighted by atomic mass is 9.97. The summed E-state index contributed by atoms with van der Waals surface area (Å²) in [4.78, 5) is 14.2. The highest BCUT2D eigenvalue weighted by Gasteiger charge is 2.25. The quantitative estimate of drug-likeness (QED) is 0.537. The monoisotopic (exact) mass is 333 g/mol. The van der Waals surface area contributed by atoms with Crippen LogP contribution in [0.3, 0.4) is 0 Å². The Kier molecular flexibility index (Phi) is 7.57. The van der Waals surface area contributed by atoms with Gasteiger partial charge in [-0.15, -0.1) is 0 Å². The van der Waals surface area contributed by atoms with Crippen molar-refractivity contribution < 1.29 is 14.3 Å². The second kappa shape index (κ2) is 9.67. The van der Waals surface area contributed by atoms with Crippen LogP contribution >= 0.6 is 0 Å². The van der Waals surface area contributed by atoms with Crippen LogP contribution in [0.25, 0.3) is 0 Å². The van der Waals surface area contributed by atoms with Crippen LogP contribution in [0.2, 0.25) is 0 Å². The van der Waals surface area contributed by atoms with E-state index in [2.05, 4.69) is 24.8 Å². The van der Waals surface area contributed by atoms with Gasteiger partial charge < -0.3 is 14.4 Å². The average molecular weight is 333 g/mol. The van der Waals surface area contributed by atoms with E-state index in [1.54, 1.807) is 0 Å². The third-order valence-corrected chi connectivity index (χ3v) is 4.89. The topological polar surface area (TPSA) is 38.8 Å². The number of carbonyl (C=O) groups is 1. The molecule has 4 heteroatoms. The lowest BCUT2D eigenvalue weighted by Gasteiger charge is -2.30. The fourth-order valence-electron chi connectivity index (χ4n) is 3.15. The van der Waals surface area contributed by atoms with Crippen LogP contribution in [0.15, 0.2) is 18.2 Å². The van der Waals surface area contributed by atoms with Crippen molar-refractivity contribution in [2.24, 2.45) is 5.92 Å². The minimum atomic E-state index is -0.0147. The van der Waals surface area contributed by atoms with E-state index in [1.165, 1.54) is 11.1 Å². The summed E-state index contributed by atoms with van der Waals surface area (Å²) in [6.45, 7) is 10.4. The molecule has 1 saturated heterocycles. The lowest BCUT2D eigenvalue weighted by Crippen LogP contribution is -2.37. The molecule has 0 atom stereocenters. The molecule has 1 aliphatic rings. The SMILES string of the molecule is CCOC(=O)C1CCN(CCCCOc2cccc(C)c2C)CC1. The Hall–Kier alpha value is -1.55. The molecule has 0 spiro atoms. The van der Waals surface area contributed by atoms with E-state index < -0.39 is 0 Å². The number of aryl methyl sites for hydroxylation is 1. The van der Waals surface area contributed by atoms with Gasteiger partial charge in [-0.3, -0.25) is 4.79 Å². The number of ether oxygens (including phenoxy) is 2. The number of hydrogen-bond acceptors (Lipinski definition) is 4. The van der Waals surface area contributed by atoms with Crippen molar-refractivity contribution in [3.05, 3.63) is 29.3 Å². The van der Waals surface area contributed by atoms with Gasteiger partial charge in [-0.1, -0.05) is 12.1 Å². The van der Waals surface area contributed by atoms with Gasteiger partial charge in [0.1, 0.15) is 5.75 Å². The van der Waals surface area contributed by atoms with Crippen LogP contribution in [-0.2, 0) is 9.53 Å². The first-order valence-corrected chi connectivity index (χ1v) is 9.19. The van der Waals surface area contributed by atoms with E-state index in [1.807, 2.05) is 19.1 Å². The Labute approximate surface area is 146 Å². The summed E-state index contributed by atoms with van der Waals surface area (Å²) in [5.74, 6) is 1.10. The summed E-state index contributed by atoms with van der Waals surface area (Å²) in [5.41, 5.74) is 2.51. The number of likely N-dealkylation sites (tertiary alicyclic amines) is 1. The summed E-state index contributed by atoms with van der Waals surface area (Å²) in [5, 5.41) is 0. The first-order valence-electron chi connectivity index (χ1n) is 9.19. The van der Waals surface area contributed by atoms with Crippen LogP contribution < -0.4 is 4.74 Å². The maximum Gasteiger partial charge on any atom is 0.309 e. The predicted molar refractivity (Wildman–Crippen MR) is 96.4 cm³/mol. The van der Waals surface area contributed by atoms with Crippen molar-refractivity contribution in [2.45, 2.75) is 46.5 Å². The molecule has 1 aliphatic heterocycles. The van der Waals surface area contributed by atoms with Gasteiger partial charge in [0.2, 0.25) is 0 Å². The molecule has 1 heterocycles. The van der Waals surface area contributed by atoms with Crippen LogP contribution in [0.1, 0.15) is 43.7 Å². The Balaban J connectivity index is 1.59. The van der Waals surface area contributed by atoms with Crippen molar-refractivity contribution in [1.29, 1.82) is 0 Å². The largest absolute Gasteiger partial charge is 0.493 e. The van der Waals surface area contributed by atoms with Crippen LogP contribution in [-0.4, -0.2) is 43.7 Å². The molecule has 1 aromatic carbocycles. The zero-order chi connectivity index (χ0) is 17.4. The van der Waals surface area contributed by atoms with Crippen molar-refractivity contribution in [1.82, 2.24) is 4.90 Å². The van der Waals surface area contributed by atoms with Gasteiger partial charge in [-0.05, 0) is 83.3 Å². The molecule has 1 aromatic rings. The van der Waals surface area contributed by atoms with Crippen LogP contribution in [0, 0.1) is 19.8 Å². The number of rotatable bonds is 8. The van der Waals surface area contributed by atoms with Crippen LogP contribution in [0.5, 0.6) is 5.75 Å². The van der Waals surface area contributed by atoms with Gasteiger partial charge in [0.15, 0.2) is 0 Å². The van der Waals surface area contributed by atoms with Gasteiger partial charge in [0.05, 0.1) is 19.1 Å².